The quantitative estimate of drug-likeness (QED) is 0.822. The lowest BCUT2D eigenvalue weighted by Gasteiger charge is -2.11. The van der Waals surface area contributed by atoms with Crippen molar-refractivity contribution in [2.24, 2.45) is 5.14 Å². The molecule has 2 aromatic rings. The van der Waals surface area contributed by atoms with Gasteiger partial charge in [-0.15, -0.1) is 10.2 Å². The van der Waals surface area contributed by atoms with Crippen LogP contribution in [0, 0.1) is 6.92 Å². The maximum Gasteiger partial charge on any atom is 0.264 e. The number of halogens is 1. The Bertz CT molecular complexity index is 793. The SMILES string of the molecule is Cc1cc(Cl)c(S(N)(=O)=O)cc1OCC(=O)Nc1nncs1. The molecule has 0 aliphatic heterocycles. The summed E-state index contributed by atoms with van der Waals surface area (Å²) in [5.74, 6) is -0.260. The summed E-state index contributed by atoms with van der Waals surface area (Å²) < 4.78 is 28.1. The molecule has 0 aliphatic carbocycles. The van der Waals surface area contributed by atoms with Crippen LogP contribution >= 0.6 is 22.9 Å². The number of sulfonamides is 1. The van der Waals surface area contributed by atoms with E-state index in [9.17, 15) is 13.2 Å². The second kappa shape index (κ2) is 6.57. The van der Waals surface area contributed by atoms with E-state index in [1.54, 1.807) is 6.92 Å². The summed E-state index contributed by atoms with van der Waals surface area (Å²) in [6, 6.07) is 2.59. The third-order valence-electron chi connectivity index (χ3n) is 2.50. The largest absolute Gasteiger partial charge is 0.483 e. The minimum atomic E-state index is -3.98. The number of hydrogen-bond donors (Lipinski definition) is 2. The Balaban J connectivity index is 2.11. The van der Waals surface area contributed by atoms with Gasteiger partial charge in [-0.3, -0.25) is 10.1 Å². The summed E-state index contributed by atoms with van der Waals surface area (Å²) in [5, 5.41) is 15.1. The molecule has 22 heavy (non-hydrogen) atoms. The molecule has 0 unspecified atom stereocenters. The Labute approximate surface area is 135 Å². The zero-order valence-electron chi connectivity index (χ0n) is 11.2. The lowest BCUT2D eigenvalue weighted by Crippen LogP contribution is -2.20. The maximum atomic E-state index is 11.7. The summed E-state index contributed by atoms with van der Waals surface area (Å²) in [5.41, 5.74) is 2.04. The highest BCUT2D eigenvalue weighted by atomic mass is 35.5. The third kappa shape index (κ3) is 4.13. The Morgan fingerprint density at radius 2 is 2.23 bits per heavy atom. The monoisotopic (exact) mass is 362 g/mol. The maximum absolute atomic E-state index is 11.7. The number of carbonyl (C=O) groups excluding carboxylic acids is 1. The van der Waals surface area contributed by atoms with Gasteiger partial charge in [0.05, 0.1) is 5.02 Å². The average molecular weight is 363 g/mol. The van der Waals surface area contributed by atoms with Crippen LogP contribution in [0.1, 0.15) is 5.56 Å². The van der Waals surface area contributed by atoms with Crippen molar-refractivity contribution >= 4 is 44.0 Å². The van der Waals surface area contributed by atoms with E-state index in [4.69, 9.17) is 21.5 Å². The van der Waals surface area contributed by atoms with E-state index >= 15 is 0 Å². The van der Waals surface area contributed by atoms with E-state index in [2.05, 4.69) is 15.5 Å². The number of aromatic nitrogens is 2. The fourth-order valence-corrected chi connectivity index (χ4v) is 3.14. The summed E-state index contributed by atoms with van der Waals surface area (Å²) in [6.45, 7) is 1.34. The van der Waals surface area contributed by atoms with E-state index in [1.165, 1.54) is 17.6 Å². The van der Waals surface area contributed by atoms with Crippen LogP contribution in [0.5, 0.6) is 5.75 Å². The fraction of sp³-hybridized carbons (Fsp3) is 0.182. The molecule has 1 amide bonds. The molecule has 0 atom stereocenters. The number of amides is 1. The number of carbonyl (C=O) groups is 1. The van der Waals surface area contributed by atoms with E-state index < -0.39 is 15.9 Å². The Hall–Kier alpha value is -1.75. The van der Waals surface area contributed by atoms with Gasteiger partial charge in [-0.25, -0.2) is 13.6 Å². The van der Waals surface area contributed by atoms with Crippen molar-refractivity contribution in [1.82, 2.24) is 10.2 Å². The Kier molecular flexibility index (Phi) is 4.96. The molecule has 3 N–H and O–H groups in total. The smallest absolute Gasteiger partial charge is 0.264 e. The number of primary sulfonamides is 1. The molecule has 0 saturated heterocycles. The van der Waals surface area contributed by atoms with Gasteiger partial charge in [-0.05, 0) is 18.6 Å². The number of rotatable bonds is 5. The summed E-state index contributed by atoms with van der Waals surface area (Å²) >= 11 is 7.00. The highest BCUT2D eigenvalue weighted by molar-refractivity contribution is 7.89. The first kappa shape index (κ1) is 16.6. The van der Waals surface area contributed by atoms with Crippen molar-refractivity contribution in [2.45, 2.75) is 11.8 Å². The standard InChI is InChI=1S/C11H11ClN4O4S2/c1-6-2-7(12)9(22(13,18)19)3-8(6)20-4-10(17)15-11-16-14-5-21-11/h2-3,5H,4H2,1H3,(H2,13,18,19)(H,15,16,17). The molecule has 0 aliphatic rings. The Morgan fingerprint density at radius 3 is 2.82 bits per heavy atom. The number of hydrogen-bond acceptors (Lipinski definition) is 7. The average Bonchev–Trinajstić information content (AvgIpc) is 2.89. The summed E-state index contributed by atoms with van der Waals surface area (Å²) in [6.07, 6.45) is 0. The highest BCUT2D eigenvalue weighted by Crippen LogP contribution is 2.29. The van der Waals surface area contributed by atoms with E-state index in [0.29, 0.717) is 10.7 Å². The van der Waals surface area contributed by atoms with E-state index in [1.807, 2.05) is 0 Å². The molecule has 1 aromatic heterocycles. The third-order valence-corrected chi connectivity index (χ3v) is 4.48. The molecule has 0 radical (unpaired) electrons. The first-order valence-electron chi connectivity index (χ1n) is 5.79. The van der Waals surface area contributed by atoms with Crippen molar-refractivity contribution in [2.75, 3.05) is 11.9 Å². The molecule has 0 saturated carbocycles. The molecule has 11 heteroatoms. The van der Waals surface area contributed by atoms with Crippen molar-refractivity contribution in [3.8, 4) is 5.75 Å². The topological polar surface area (TPSA) is 124 Å². The van der Waals surface area contributed by atoms with Crippen LogP contribution in [0.4, 0.5) is 5.13 Å². The second-order valence-corrected chi connectivity index (χ2v) is 6.94. The van der Waals surface area contributed by atoms with Crippen LogP contribution in [0.3, 0.4) is 0 Å². The molecular formula is C11H11ClN4O4S2. The molecule has 0 fully saturated rings. The molecule has 0 spiro atoms. The number of benzene rings is 1. The normalized spacial score (nSPS) is 11.2. The van der Waals surface area contributed by atoms with Crippen LogP contribution in [0.2, 0.25) is 5.02 Å². The van der Waals surface area contributed by atoms with Crippen molar-refractivity contribution in [1.29, 1.82) is 0 Å². The van der Waals surface area contributed by atoms with Gasteiger partial charge in [-0.1, -0.05) is 22.9 Å². The molecule has 1 aromatic carbocycles. The summed E-state index contributed by atoms with van der Waals surface area (Å²) in [4.78, 5) is 11.4. The van der Waals surface area contributed by atoms with Crippen LogP contribution in [-0.2, 0) is 14.8 Å². The minimum Gasteiger partial charge on any atom is -0.483 e. The Morgan fingerprint density at radius 1 is 1.50 bits per heavy atom. The number of nitrogens with one attached hydrogen (secondary N) is 1. The summed E-state index contributed by atoms with van der Waals surface area (Å²) in [7, 11) is -3.98. The van der Waals surface area contributed by atoms with E-state index in [-0.39, 0.29) is 22.3 Å². The van der Waals surface area contributed by atoms with Crippen LogP contribution in [0.25, 0.3) is 0 Å². The van der Waals surface area contributed by atoms with Crippen molar-refractivity contribution in [3.05, 3.63) is 28.2 Å². The van der Waals surface area contributed by atoms with Crippen molar-refractivity contribution in [3.63, 3.8) is 0 Å². The van der Waals surface area contributed by atoms with Gasteiger partial charge in [-0.2, -0.15) is 0 Å². The predicted octanol–water partition coefficient (Wildman–Crippen LogP) is 1.16. The van der Waals surface area contributed by atoms with Gasteiger partial charge in [0.15, 0.2) is 6.61 Å². The van der Waals surface area contributed by atoms with Crippen LogP contribution < -0.4 is 15.2 Å². The van der Waals surface area contributed by atoms with Gasteiger partial charge in [0.2, 0.25) is 15.2 Å². The van der Waals surface area contributed by atoms with Crippen LogP contribution in [0.15, 0.2) is 22.5 Å². The fourth-order valence-electron chi connectivity index (χ4n) is 1.53. The first-order chi connectivity index (χ1) is 10.3. The second-order valence-electron chi connectivity index (χ2n) is 4.17. The molecule has 2 rings (SSSR count). The molecule has 0 bridgehead atoms. The molecule has 1 heterocycles. The highest BCUT2D eigenvalue weighted by Gasteiger charge is 2.17. The predicted molar refractivity (Wildman–Crippen MR) is 81.6 cm³/mol. The lowest BCUT2D eigenvalue weighted by molar-refractivity contribution is -0.118. The number of aryl methyl sites for hydroxylation is 1. The zero-order chi connectivity index (χ0) is 16.3. The minimum absolute atomic E-state index is 0.00865. The lowest BCUT2D eigenvalue weighted by atomic mass is 10.2. The number of nitrogens with zero attached hydrogens (tertiary/aromatic N) is 2. The van der Waals surface area contributed by atoms with Gasteiger partial charge in [0, 0.05) is 6.07 Å². The first-order valence-corrected chi connectivity index (χ1v) is 8.59. The number of nitrogens with two attached hydrogens (primary N) is 1. The van der Waals surface area contributed by atoms with Gasteiger partial charge in [0.1, 0.15) is 16.2 Å². The number of anilines is 1. The molecule has 8 nitrogen and oxygen atoms in total. The molecular weight excluding hydrogens is 352 g/mol. The molecule has 118 valence electrons. The number of ether oxygens (including phenoxy) is 1. The van der Waals surface area contributed by atoms with Crippen molar-refractivity contribution < 1.29 is 17.9 Å². The van der Waals surface area contributed by atoms with Gasteiger partial charge < -0.3 is 4.74 Å². The van der Waals surface area contributed by atoms with E-state index in [0.717, 1.165) is 11.3 Å². The zero-order valence-corrected chi connectivity index (χ0v) is 13.6. The van der Waals surface area contributed by atoms with Crippen LogP contribution in [-0.4, -0.2) is 31.1 Å². The van der Waals surface area contributed by atoms with Gasteiger partial charge >= 0.3 is 0 Å². The van der Waals surface area contributed by atoms with Gasteiger partial charge in [0.25, 0.3) is 5.91 Å².